The SMILES string of the molecule is CCCCN1CCC(NS(=O)(=O)c2cc(C(=O)O)oc2C)CC1. The molecule has 0 aliphatic carbocycles. The molecule has 1 aromatic rings. The van der Waals surface area contributed by atoms with Crippen molar-refractivity contribution < 1.29 is 22.7 Å². The Kier molecular flexibility index (Phi) is 5.83. The van der Waals surface area contributed by atoms with Crippen LogP contribution in [0.5, 0.6) is 0 Å². The van der Waals surface area contributed by atoms with Gasteiger partial charge in [-0.05, 0) is 45.8 Å². The number of sulfonamides is 1. The van der Waals surface area contributed by atoms with Gasteiger partial charge in [-0.1, -0.05) is 13.3 Å². The summed E-state index contributed by atoms with van der Waals surface area (Å²) >= 11 is 0. The number of hydrogen-bond donors (Lipinski definition) is 2. The highest BCUT2D eigenvalue weighted by Crippen LogP contribution is 2.22. The number of nitrogens with zero attached hydrogens (tertiary/aromatic N) is 1. The molecule has 0 atom stereocenters. The van der Waals surface area contributed by atoms with Gasteiger partial charge in [-0.2, -0.15) is 0 Å². The molecule has 2 heterocycles. The van der Waals surface area contributed by atoms with Crippen LogP contribution in [0.4, 0.5) is 0 Å². The maximum Gasteiger partial charge on any atom is 0.371 e. The van der Waals surface area contributed by atoms with Crippen molar-refractivity contribution in [1.82, 2.24) is 9.62 Å². The van der Waals surface area contributed by atoms with Crippen molar-refractivity contribution in [3.8, 4) is 0 Å². The summed E-state index contributed by atoms with van der Waals surface area (Å²) in [6, 6.07) is 0.941. The van der Waals surface area contributed by atoms with Gasteiger partial charge in [0.25, 0.3) is 0 Å². The third-order valence-corrected chi connectivity index (χ3v) is 5.74. The number of carboxylic acid groups (broad SMARTS) is 1. The van der Waals surface area contributed by atoms with E-state index in [0.717, 1.165) is 51.4 Å². The lowest BCUT2D eigenvalue weighted by atomic mass is 10.1. The lowest BCUT2D eigenvalue weighted by molar-refractivity contribution is 0.0661. The first-order valence-electron chi connectivity index (χ1n) is 7.92. The first kappa shape index (κ1) is 18.0. The largest absolute Gasteiger partial charge is 0.475 e. The van der Waals surface area contributed by atoms with Crippen molar-refractivity contribution in [2.24, 2.45) is 0 Å². The van der Waals surface area contributed by atoms with Crippen LogP contribution in [0.15, 0.2) is 15.4 Å². The molecule has 1 aliphatic heterocycles. The normalized spacial score (nSPS) is 17.5. The van der Waals surface area contributed by atoms with Gasteiger partial charge in [0.15, 0.2) is 0 Å². The average molecular weight is 344 g/mol. The smallest absolute Gasteiger partial charge is 0.371 e. The lowest BCUT2D eigenvalue weighted by Gasteiger charge is -2.32. The second-order valence-corrected chi connectivity index (χ2v) is 7.61. The Labute approximate surface area is 136 Å². The minimum atomic E-state index is -3.76. The first-order valence-corrected chi connectivity index (χ1v) is 9.40. The number of piperidine rings is 1. The second-order valence-electron chi connectivity index (χ2n) is 5.93. The van der Waals surface area contributed by atoms with Crippen LogP contribution >= 0.6 is 0 Å². The van der Waals surface area contributed by atoms with Crippen LogP contribution in [-0.2, 0) is 10.0 Å². The maximum atomic E-state index is 12.4. The fraction of sp³-hybridized carbons (Fsp3) is 0.667. The van der Waals surface area contributed by atoms with Gasteiger partial charge in [0.1, 0.15) is 10.7 Å². The van der Waals surface area contributed by atoms with Crippen molar-refractivity contribution in [2.75, 3.05) is 19.6 Å². The van der Waals surface area contributed by atoms with Gasteiger partial charge in [-0.3, -0.25) is 0 Å². The fourth-order valence-corrected chi connectivity index (χ4v) is 4.26. The van der Waals surface area contributed by atoms with Crippen molar-refractivity contribution in [3.05, 3.63) is 17.6 Å². The van der Waals surface area contributed by atoms with Gasteiger partial charge in [0.2, 0.25) is 15.8 Å². The van der Waals surface area contributed by atoms with Gasteiger partial charge in [-0.15, -0.1) is 0 Å². The standard InChI is InChI=1S/C15H24N2O5S/c1-3-4-7-17-8-5-12(6-9-17)16-23(20,21)14-10-13(15(18)19)22-11(14)2/h10,12,16H,3-9H2,1-2H3,(H,18,19). The zero-order valence-corrected chi connectivity index (χ0v) is 14.4. The van der Waals surface area contributed by atoms with E-state index in [1.54, 1.807) is 0 Å². The Balaban J connectivity index is 1.98. The van der Waals surface area contributed by atoms with Crippen molar-refractivity contribution in [1.29, 1.82) is 0 Å². The van der Waals surface area contributed by atoms with E-state index in [2.05, 4.69) is 16.5 Å². The summed E-state index contributed by atoms with van der Waals surface area (Å²) in [5, 5.41) is 8.90. The molecule has 0 saturated carbocycles. The van der Waals surface area contributed by atoms with Crippen LogP contribution in [0.2, 0.25) is 0 Å². The molecule has 1 saturated heterocycles. The van der Waals surface area contributed by atoms with Crippen LogP contribution in [-0.4, -0.2) is 50.1 Å². The van der Waals surface area contributed by atoms with Gasteiger partial charge in [-0.25, -0.2) is 17.9 Å². The molecule has 1 aliphatic rings. The molecule has 0 aromatic carbocycles. The van der Waals surface area contributed by atoms with Crippen molar-refractivity contribution in [2.45, 2.75) is 50.5 Å². The predicted molar refractivity (Wildman–Crippen MR) is 85.1 cm³/mol. The zero-order chi connectivity index (χ0) is 17.0. The third-order valence-electron chi connectivity index (χ3n) is 4.11. The van der Waals surface area contributed by atoms with E-state index in [1.165, 1.54) is 6.92 Å². The quantitative estimate of drug-likeness (QED) is 0.783. The number of aromatic carboxylic acids is 1. The summed E-state index contributed by atoms with van der Waals surface area (Å²) in [6.07, 6.45) is 3.82. The van der Waals surface area contributed by atoms with Gasteiger partial charge in [0, 0.05) is 12.1 Å². The number of nitrogens with one attached hydrogen (secondary N) is 1. The molecule has 1 aromatic heterocycles. The molecule has 0 radical (unpaired) electrons. The summed E-state index contributed by atoms with van der Waals surface area (Å²) < 4.78 is 32.5. The van der Waals surface area contributed by atoms with E-state index in [-0.39, 0.29) is 22.5 Å². The van der Waals surface area contributed by atoms with Crippen molar-refractivity contribution >= 4 is 16.0 Å². The highest BCUT2D eigenvalue weighted by Gasteiger charge is 2.28. The van der Waals surface area contributed by atoms with E-state index in [1.807, 2.05) is 0 Å². The van der Waals surface area contributed by atoms with Gasteiger partial charge >= 0.3 is 5.97 Å². The molecule has 130 valence electrons. The molecular formula is C15H24N2O5S. The number of unbranched alkanes of at least 4 members (excludes halogenated alkanes) is 1. The summed E-state index contributed by atoms with van der Waals surface area (Å²) in [7, 11) is -3.76. The molecule has 0 spiro atoms. The monoisotopic (exact) mass is 344 g/mol. The van der Waals surface area contributed by atoms with E-state index in [9.17, 15) is 13.2 Å². The van der Waals surface area contributed by atoms with E-state index in [0.29, 0.717) is 0 Å². The van der Waals surface area contributed by atoms with Gasteiger partial charge in [0.05, 0.1) is 0 Å². The van der Waals surface area contributed by atoms with Gasteiger partial charge < -0.3 is 14.4 Å². The fourth-order valence-electron chi connectivity index (χ4n) is 2.78. The highest BCUT2D eigenvalue weighted by molar-refractivity contribution is 7.89. The van der Waals surface area contributed by atoms with Crippen LogP contribution in [0, 0.1) is 6.92 Å². The number of carbonyl (C=O) groups is 1. The van der Waals surface area contributed by atoms with Crippen LogP contribution < -0.4 is 4.72 Å². The van der Waals surface area contributed by atoms with E-state index < -0.39 is 16.0 Å². The Morgan fingerprint density at radius 2 is 2.09 bits per heavy atom. The zero-order valence-electron chi connectivity index (χ0n) is 13.5. The third kappa shape index (κ3) is 4.55. The lowest BCUT2D eigenvalue weighted by Crippen LogP contribution is -2.44. The summed E-state index contributed by atoms with van der Waals surface area (Å²) in [4.78, 5) is 13.1. The van der Waals surface area contributed by atoms with Crippen molar-refractivity contribution in [3.63, 3.8) is 0 Å². The highest BCUT2D eigenvalue weighted by atomic mass is 32.2. The Bertz CT molecular complexity index is 645. The molecule has 0 unspecified atom stereocenters. The molecule has 0 bridgehead atoms. The molecule has 0 amide bonds. The van der Waals surface area contributed by atoms with Crippen LogP contribution in [0.1, 0.15) is 48.9 Å². The minimum absolute atomic E-state index is 0.0929. The number of aryl methyl sites for hydroxylation is 1. The summed E-state index contributed by atoms with van der Waals surface area (Å²) in [6.45, 7) is 6.41. The molecule has 23 heavy (non-hydrogen) atoms. The average Bonchev–Trinajstić information content (AvgIpc) is 2.89. The summed E-state index contributed by atoms with van der Waals surface area (Å²) in [5.74, 6) is -1.55. The summed E-state index contributed by atoms with van der Waals surface area (Å²) in [5.41, 5.74) is 0. The number of hydrogen-bond acceptors (Lipinski definition) is 5. The first-order chi connectivity index (χ1) is 10.8. The Morgan fingerprint density at radius 3 is 2.61 bits per heavy atom. The van der Waals surface area contributed by atoms with E-state index in [4.69, 9.17) is 9.52 Å². The maximum absolute atomic E-state index is 12.4. The number of likely N-dealkylation sites (tertiary alicyclic amines) is 1. The molecule has 7 nitrogen and oxygen atoms in total. The Morgan fingerprint density at radius 1 is 1.43 bits per heavy atom. The van der Waals surface area contributed by atoms with E-state index >= 15 is 0 Å². The predicted octanol–water partition coefficient (Wildman–Crippen LogP) is 1.83. The minimum Gasteiger partial charge on any atom is -0.475 e. The molecule has 2 N–H and O–H groups in total. The van der Waals surface area contributed by atoms with Crippen LogP contribution in [0.25, 0.3) is 0 Å². The molecular weight excluding hydrogens is 320 g/mol. The molecule has 1 fully saturated rings. The Hall–Kier alpha value is -1.38. The second kappa shape index (κ2) is 7.46. The number of rotatable bonds is 7. The number of furan rings is 1. The topological polar surface area (TPSA) is 99.9 Å². The molecule has 8 heteroatoms. The number of carboxylic acids is 1. The van der Waals surface area contributed by atoms with Crippen LogP contribution in [0.3, 0.4) is 0 Å². The molecule has 2 rings (SSSR count).